The normalized spacial score (nSPS) is 13.7. The molecule has 0 aliphatic heterocycles. The molecule has 0 spiro atoms. The third-order valence-corrected chi connectivity index (χ3v) is 17.5. The van der Waals surface area contributed by atoms with Gasteiger partial charge in [-0.15, -0.1) is 0 Å². The van der Waals surface area contributed by atoms with Crippen molar-refractivity contribution >= 4 is 17.9 Å². The minimum Gasteiger partial charge on any atom is -0.477 e. The summed E-state index contributed by atoms with van der Waals surface area (Å²) in [6.45, 7) is 4.65. The van der Waals surface area contributed by atoms with Gasteiger partial charge in [-0.25, -0.2) is 4.79 Å². The van der Waals surface area contributed by atoms with Crippen LogP contribution in [0.2, 0.25) is 0 Å². The van der Waals surface area contributed by atoms with E-state index in [1.54, 1.807) is 0 Å². The Morgan fingerprint density at radius 3 is 0.762 bits per heavy atom. The summed E-state index contributed by atoms with van der Waals surface area (Å²) in [5.74, 6) is -2.02. The van der Waals surface area contributed by atoms with Crippen LogP contribution >= 0.6 is 0 Å². The lowest BCUT2D eigenvalue weighted by Gasteiger charge is -2.25. The lowest BCUT2D eigenvalue weighted by Crippen LogP contribution is -2.40. The van der Waals surface area contributed by atoms with Crippen molar-refractivity contribution in [2.45, 2.75) is 334 Å². The molecule has 0 bridgehead atoms. The van der Waals surface area contributed by atoms with E-state index in [9.17, 15) is 19.5 Å². The Hall–Kier alpha value is -6.13. The topological polar surface area (TPSA) is 108 Å². The summed E-state index contributed by atoms with van der Waals surface area (Å²) in [5, 5.41) is 9.79. The Labute approximate surface area is 645 Å². The molecule has 2 unspecified atom stereocenters. The molecule has 0 rings (SSSR count). The average Bonchev–Trinajstić information content (AvgIpc) is 1.18. The molecule has 0 radical (unpaired) electrons. The van der Waals surface area contributed by atoms with Crippen LogP contribution in [0.15, 0.2) is 207 Å². The zero-order chi connectivity index (χ0) is 76.0. The predicted octanol–water partition coefficient (Wildman–Crippen LogP) is 27.8. The Kier molecular flexibility index (Phi) is 78.6. The number of likely N-dealkylation sites (N-methyl/N-ethyl adjacent to an activating group) is 1. The number of ether oxygens (including phenoxy) is 4. The SMILES string of the molecule is CC/C=C\C/C=C\C/C=C\C/C=C\C/C=C\C/C=C\C/C=C\C/C=C\C/C=C\C/C=C\CCCCCCCCCCCCC(=O)OC(COC(=O)CCCCCCCCCCCCCCCCCCC/C=C\C/C=C\C/C=C\C/C=C\C/C=C\C/C=C\C/C=C\CC)COC(OCC[N+](C)(C)C)C(=O)O. The number of carbonyl (C=O) groups is 3. The first-order valence-electron chi connectivity index (χ1n) is 42.2. The molecule has 9 nitrogen and oxygen atoms in total. The highest BCUT2D eigenvalue weighted by Crippen LogP contribution is 2.18. The van der Waals surface area contributed by atoms with E-state index >= 15 is 0 Å². The number of carbonyl (C=O) groups excluding carboxylic acids is 2. The number of unbranched alkanes of at least 4 members (excludes halogenated alkanes) is 27. The van der Waals surface area contributed by atoms with Gasteiger partial charge in [0.15, 0.2) is 6.10 Å². The summed E-state index contributed by atoms with van der Waals surface area (Å²) < 4.78 is 23.1. The Balaban J connectivity index is 4.08. The number of rotatable bonds is 76. The van der Waals surface area contributed by atoms with Crippen LogP contribution in [0.4, 0.5) is 0 Å². The van der Waals surface area contributed by atoms with Gasteiger partial charge in [-0.05, 0) is 148 Å². The molecule has 0 aromatic rings. The maximum absolute atomic E-state index is 13.0. The molecule has 0 saturated heterocycles. The van der Waals surface area contributed by atoms with E-state index in [0.29, 0.717) is 23.9 Å². The molecule has 0 aliphatic carbocycles. The molecular formula is C96H156NO8+. The maximum Gasteiger partial charge on any atom is 0.361 e. The number of hydrogen-bond donors (Lipinski definition) is 1. The van der Waals surface area contributed by atoms with E-state index in [1.165, 1.54) is 135 Å². The summed E-state index contributed by atoms with van der Waals surface area (Å²) in [6.07, 6.45) is 127. The molecule has 0 saturated carbocycles. The number of nitrogens with zero attached hydrogens (tertiary/aromatic N) is 1. The van der Waals surface area contributed by atoms with Gasteiger partial charge in [0.05, 0.1) is 34.4 Å². The van der Waals surface area contributed by atoms with E-state index in [2.05, 4.69) is 220 Å². The zero-order valence-electron chi connectivity index (χ0n) is 67.8. The Bertz CT molecular complexity index is 2500. The first-order chi connectivity index (χ1) is 51.6. The van der Waals surface area contributed by atoms with Crippen molar-refractivity contribution in [2.24, 2.45) is 0 Å². The number of quaternary nitrogens is 1. The monoisotopic (exact) mass is 1450 g/mol. The molecule has 0 heterocycles. The van der Waals surface area contributed by atoms with Crippen LogP contribution in [0.1, 0.15) is 322 Å². The van der Waals surface area contributed by atoms with E-state index in [4.69, 9.17) is 18.9 Å². The Morgan fingerprint density at radius 2 is 0.514 bits per heavy atom. The van der Waals surface area contributed by atoms with Crippen molar-refractivity contribution < 1.29 is 42.9 Å². The summed E-state index contributed by atoms with van der Waals surface area (Å²) in [4.78, 5) is 37.8. The van der Waals surface area contributed by atoms with Gasteiger partial charge in [-0.2, -0.15) is 0 Å². The third kappa shape index (κ3) is 85.0. The van der Waals surface area contributed by atoms with Crippen LogP contribution in [0.25, 0.3) is 0 Å². The van der Waals surface area contributed by atoms with Crippen LogP contribution in [-0.4, -0.2) is 87.4 Å². The quantitative estimate of drug-likeness (QED) is 0.0211. The van der Waals surface area contributed by atoms with Crippen LogP contribution < -0.4 is 0 Å². The number of hydrogen-bond acceptors (Lipinski definition) is 7. The zero-order valence-corrected chi connectivity index (χ0v) is 67.8. The van der Waals surface area contributed by atoms with Crippen molar-refractivity contribution in [1.29, 1.82) is 0 Å². The molecule has 0 amide bonds. The molecule has 1 N–H and O–H groups in total. The largest absolute Gasteiger partial charge is 0.477 e. The van der Waals surface area contributed by atoms with Crippen molar-refractivity contribution in [1.82, 2.24) is 0 Å². The number of carboxylic acid groups (broad SMARTS) is 1. The first kappa shape index (κ1) is 98.9. The maximum atomic E-state index is 13.0. The Morgan fingerprint density at radius 1 is 0.286 bits per heavy atom. The standard InChI is InChI=1S/C96H155NO8/c1-6-8-10-12-14-16-18-20-22-24-26-28-30-32-34-36-38-40-42-44-46-47-49-51-53-55-57-59-61-63-65-67-69-71-73-75-77-79-81-83-85-87-94(99)105-92(91-104-96(95(100)101)102-89-88-97(3,4)5)90-103-93(98)86-84-82-80-78-76-74-72-70-68-66-64-62-60-58-56-54-52-50-48-45-43-41-39-37-35-33-31-29-27-25-23-21-19-17-15-13-11-9-7-2/h8-11,14-17,20-23,26-29,32-35,38-41,44-46,48-49,51,55,57,61,63,92,96H,6-7,12-13,18-19,24-25,30-31,36-37,42-43,47,50,52-54,56,58-60,62,64-91H2,1-5H3/p+1/b10-8-,11-9-,16-14-,17-15-,22-20-,23-21-,28-26-,29-27-,34-32-,35-33-,40-38-,41-39-,46-44-,48-45-,51-49-,57-55-,63-61-. The highest BCUT2D eigenvalue weighted by atomic mass is 16.7. The van der Waals surface area contributed by atoms with Gasteiger partial charge in [0, 0.05) is 12.8 Å². The molecule has 2 atom stereocenters. The number of allylic oxidation sites excluding steroid dienone is 34. The summed E-state index contributed by atoms with van der Waals surface area (Å²) >= 11 is 0. The van der Waals surface area contributed by atoms with Gasteiger partial charge >= 0.3 is 17.9 Å². The first-order valence-corrected chi connectivity index (χ1v) is 42.2. The lowest BCUT2D eigenvalue weighted by atomic mass is 10.0. The highest BCUT2D eigenvalue weighted by Gasteiger charge is 2.25. The fraction of sp³-hybridized carbons (Fsp3) is 0.615. The summed E-state index contributed by atoms with van der Waals surface area (Å²) in [6, 6.07) is 0. The predicted molar refractivity (Wildman–Crippen MR) is 455 cm³/mol. The second-order valence-corrected chi connectivity index (χ2v) is 28.7. The van der Waals surface area contributed by atoms with Gasteiger partial charge in [-0.3, -0.25) is 9.59 Å². The van der Waals surface area contributed by atoms with Crippen molar-refractivity contribution in [3.05, 3.63) is 207 Å². The van der Waals surface area contributed by atoms with Gasteiger partial charge in [0.1, 0.15) is 13.2 Å². The van der Waals surface area contributed by atoms with E-state index < -0.39 is 24.3 Å². The second kappa shape index (κ2) is 83.5. The summed E-state index contributed by atoms with van der Waals surface area (Å²) in [5.41, 5.74) is 0. The van der Waals surface area contributed by atoms with Gasteiger partial charge in [0.25, 0.3) is 6.29 Å². The van der Waals surface area contributed by atoms with Gasteiger partial charge in [-0.1, -0.05) is 368 Å². The number of esters is 2. The van der Waals surface area contributed by atoms with Gasteiger partial charge < -0.3 is 28.5 Å². The minimum absolute atomic E-state index is 0.179. The lowest BCUT2D eigenvalue weighted by molar-refractivity contribution is -0.870. The molecule has 105 heavy (non-hydrogen) atoms. The number of aliphatic carboxylic acids is 1. The molecule has 0 fully saturated rings. The third-order valence-electron chi connectivity index (χ3n) is 17.5. The molecule has 9 heteroatoms. The van der Waals surface area contributed by atoms with Crippen LogP contribution in [-0.2, 0) is 33.3 Å². The smallest absolute Gasteiger partial charge is 0.361 e. The van der Waals surface area contributed by atoms with Crippen molar-refractivity contribution in [3.8, 4) is 0 Å². The van der Waals surface area contributed by atoms with E-state index in [0.717, 1.165) is 154 Å². The molecule has 592 valence electrons. The number of carboxylic acids is 1. The van der Waals surface area contributed by atoms with Crippen LogP contribution in [0.3, 0.4) is 0 Å². The molecule has 0 aromatic carbocycles. The van der Waals surface area contributed by atoms with E-state index in [-0.39, 0.29) is 32.2 Å². The van der Waals surface area contributed by atoms with Crippen LogP contribution in [0.5, 0.6) is 0 Å². The molecule has 0 aliphatic rings. The molecular weight excluding hydrogens is 1300 g/mol. The van der Waals surface area contributed by atoms with Crippen LogP contribution in [0, 0.1) is 0 Å². The van der Waals surface area contributed by atoms with E-state index in [1.807, 2.05) is 21.1 Å². The summed E-state index contributed by atoms with van der Waals surface area (Å²) in [7, 11) is 5.98. The minimum atomic E-state index is -1.52. The van der Waals surface area contributed by atoms with Crippen molar-refractivity contribution in [3.63, 3.8) is 0 Å². The highest BCUT2D eigenvalue weighted by molar-refractivity contribution is 5.71. The fourth-order valence-electron chi connectivity index (χ4n) is 11.2. The van der Waals surface area contributed by atoms with Gasteiger partial charge in [0.2, 0.25) is 0 Å². The second-order valence-electron chi connectivity index (χ2n) is 28.7. The fourth-order valence-corrected chi connectivity index (χ4v) is 11.2. The average molecular weight is 1450 g/mol. The van der Waals surface area contributed by atoms with Crippen molar-refractivity contribution in [2.75, 3.05) is 47.5 Å². The molecule has 0 aromatic heterocycles.